The van der Waals surface area contributed by atoms with Gasteiger partial charge in [-0.25, -0.2) is 0 Å². The molecule has 1 aliphatic heterocycles. The second-order valence-corrected chi connectivity index (χ2v) is 5.04. The van der Waals surface area contributed by atoms with Crippen molar-refractivity contribution in [2.45, 2.75) is 6.29 Å². The molecule has 0 N–H and O–H groups in total. The smallest absolute Gasteiger partial charge is 0.238 e. The highest BCUT2D eigenvalue weighted by Crippen LogP contribution is 2.33. The van der Waals surface area contributed by atoms with Crippen molar-refractivity contribution in [1.82, 2.24) is 9.78 Å². The molecule has 0 spiro atoms. The lowest BCUT2D eigenvalue weighted by Gasteiger charge is -2.13. The molecule has 0 unspecified atom stereocenters. The van der Waals surface area contributed by atoms with Crippen LogP contribution in [0.2, 0.25) is 0 Å². The minimum atomic E-state index is -0.332. The first-order chi connectivity index (χ1) is 9.22. The minimum absolute atomic E-state index is 0.332. The van der Waals surface area contributed by atoms with Crippen LogP contribution in [0.4, 0.5) is 0 Å². The van der Waals surface area contributed by atoms with Gasteiger partial charge in [0.05, 0.1) is 13.2 Å². The summed E-state index contributed by atoms with van der Waals surface area (Å²) in [5.41, 5.74) is 0.922. The van der Waals surface area contributed by atoms with Gasteiger partial charge in [-0.3, -0.25) is 4.68 Å². The van der Waals surface area contributed by atoms with Crippen LogP contribution in [0.15, 0.2) is 34.9 Å². The highest BCUT2D eigenvalue weighted by atomic mass is 79.9. The fourth-order valence-corrected chi connectivity index (χ4v) is 2.31. The molecule has 1 aromatic carbocycles. The molecular formula is C13H13BrN2O3. The molecule has 0 radical (unpaired) electrons. The summed E-state index contributed by atoms with van der Waals surface area (Å²) in [6, 6.07) is 7.49. The van der Waals surface area contributed by atoms with E-state index in [1.165, 1.54) is 0 Å². The van der Waals surface area contributed by atoms with Crippen molar-refractivity contribution in [1.29, 1.82) is 0 Å². The van der Waals surface area contributed by atoms with Crippen LogP contribution in [0.1, 0.15) is 11.9 Å². The molecule has 2 aromatic rings. The maximum absolute atomic E-state index is 5.69. The molecule has 19 heavy (non-hydrogen) atoms. The number of aromatic nitrogens is 2. The fourth-order valence-electron chi connectivity index (χ4n) is 1.87. The number of rotatable bonds is 3. The second-order valence-electron chi connectivity index (χ2n) is 4.19. The Morgan fingerprint density at radius 1 is 1.32 bits per heavy atom. The number of hydrogen-bond acceptors (Lipinski definition) is 4. The van der Waals surface area contributed by atoms with E-state index in [0.717, 1.165) is 10.0 Å². The number of nitrogens with zero attached hydrogens (tertiary/aromatic N) is 2. The largest absolute Gasteiger partial charge is 0.438 e. The van der Waals surface area contributed by atoms with Gasteiger partial charge in [0.25, 0.3) is 0 Å². The number of halogens is 1. The van der Waals surface area contributed by atoms with E-state index in [0.29, 0.717) is 24.8 Å². The van der Waals surface area contributed by atoms with Gasteiger partial charge in [-0.1, -0.05) is 15.9 Å². The lowest BCUT2D eigenvalue weighted by Crippen LogP contribution is -2.00. The van der Waals surface area contributed by atoms with E-state index < -0.39 is 0 Å². The summed E-state index contributed by atoms with van der Waals surface area (Å²) in [6.45, 7) is 1.23. The molecule has 6 heteroatoms. The monoisotopic (exact) mass is 324 g/mol. The Balaban J connectivity index is 1.84. The van der Waals surface area contributed by atoms with Gasteiger partial charge in [-0.15, -0.1) is 5.10 Å². The van der Waals surface area contributed by atoms with Gasteiger partial charge < -0.3 is 14.2 Å². The van der Waals surface area contributed by atoms with E-state index in [2.05, 4.69) is 21.0 Å². The first-order valence-electron chi connectivity index (χ1n) is 5.92. The lowest BCUT2D eigenvalue weighted by molar-refractivity contribution is -0.0447. The highest BCUT2D eigenvalue weighted by Gasteiger charge is 2.21. The summed E-state index contributed by atoms with van der Waals surface area (Å²) >= 11 is 3.49. The second kappa shape index (κ2) is 5.32. The summed E-state index contributed by atoms with van der Waals surface area (Å²) in [6.07, 6.45) is 1.50. The molecule has 0 amide bonds. The number of hydrogen-bond donors (Lipinski definition) is 0. The standard InChI is InChI=1S/C13H13BrN2O3/c1-16-5-4-12(15-16)19-9-2-3-11(14)10(8-9)13-17-6-7-18-13/h2-5,8,13H,6-7H2,1H3. The average molecular weight is 325 g/mol. The van der Waals surface area contributed by atoms with Crippen LogP contribution in [0.5, 0.6) is 11.6 Å². The Morgan fingerprint density at radius 3 is 2.79 bits per heavy atom. The molecule has 2 heterocycles. The van der Waals surface area contributed by atoms with Crippen LogP contribution < -0.4 is 4.74 Å². The first kappa shape index (κ1) is 12.7. The molecule has 0 atom stereocenters. The maximum atomic E-state index is 5.69. The third-order valence-corrected chi connectivity index (χ3v) is 3.48. The SMILES string of the molecule is Cn1ccc(Oc2ccc(Br)c(C3OCCO3)c2)n1. The Labute approximate surface area is 119 Å². The first-order valence-corrected chi connectivity index (χ1v) is 6.72. The highest BCUT2D eigenvalue weighted by molar-refractivity contribution is 9.10. The Kier molecular flexibility index (Phi) is 3.54. The molecule has 1 saturated heterocycles. The van der Waals surface area contributed by atoms with E-state index in [4.69, 9.17) is 14.2 Å². The molecule has 1 aliphatic rings. The molecule has 5 nitrogen and oxygen atoms in total. The van der Waals surface area contributed by atoms with Crippen LogP contribution >= 0.6 is 15.9 Å². The number of ether oxygens (including phenoxy) is 3. The number of benzene rings is 1. The number of aryl methyl sites for hydroxylation is 1. The zero-order valence-electron chi connectivity index (χ0n) is 10.4. The van der Waals surface area contributed by atoms with Crippen molar-refractivity contribution in [3.05, 3.63) is 40.5 Å². The van der Waals surface area contributed by atoms with Gasteiger partial charge in [0.15, 0.2) is 6.29 Å². The van der Waals surface area contributed by atoms with Gasteiger partial charge in [-0.2, -0.15) is 0 Å². The average Bonchev–Trinajstić information content (AvgIpc) is 3.03. The van der Waals surface area contributed by atoms with Gasteiger partial charge in [0.2, 0.25) is 5.88 Å². The third kappa shape index (κ3) is 2.80. The predicted octanol–water partition coefficient (Wildman–Crippen LogP) is 3.02. The van der Waals surface area contributed by atoms with Crippen molar-refractivity contribution in [2.24, 2.45) is 7.05 Å². The van der Waals surface area contributed by atoms with E-state index in [9.17, 15) is 0 Å². The summed E-state index contributed by atoms with van der Waals surface area (Å²) in [7, 11) is 1.85. The van der Waals surface area contributed by atoms with Crippen molar-refractivity contribution in [2.75, 3.05) is 13.2 Å². The van der Waals surface area contributed by atoms with Gasteiger partial charge >= 0.3 is 0 Å². The predicted molar refractivity (Wildman–Crippen MR) is 72.1 cm³/mol. The normalized spacial score (nSPS) is 15.9. The topological polar surface area (TPSA) is 45.5 Å². The third-order valence-electron chi connectivity index (χ3n) is 2.75. The van der Waals surface area contributed by atoms with Crippen molar-refractivity contribution < 1.29 is 14.2 Å². The van der Waals surface area contributed by atoms with Crippen LogP contribution in [-0.4, -0.2) is 23.0 Å². The molecular weight excluding hydrogens is 312 g/mol. The molecule has 1 aromatic heterocycles. The minimum Gasteiger partial charge on any atom is -0.438 e. The molecule has 1 fully saturated rings. The summed E-state index contributed by atoms with van der Waals surface area (Å²) in [4.78, 5) is 0. The quantitative estimate of drug-likeness (QED) is 0.870. The van der Waals surface area contributed by atoms with E-state index in [-0.39, 0.29) is 6.29 Å². The summed E-state index contributed by atoms with van der Waals surface area (Å²) in [5.74, 6) is 1.26. The van der Waals surface area contributed by atoms with Crippen LogP contribution in [-0.2, 0) is 16.5 Å². The molecule has 0 aliphatic carbocycles. The summed E-state index contributed by atoms with van der Waals surface area (Å²) < 4.78 is 19.3. The zero-order valence-corrected chi connectivity index (χ0v) is 12.0. The van der Waals surface area contributed by atoms with E-state index in [1.54, 1.807) is 4.68 Å². The lowest BCUT2D eigenvalue weighted by atomic mass is 10.2. The Morgan fingerprint density at radius 2 is 2.11 bits per heavy atom. The Bertz CT molecular complexity index is 579. The maximum Gasteiger partial charge on any atom is 0.238 e. The van der Waals surface area contributed by atoms with Crippen LogP contribution in [0.3, 0.4) is 0 Å². The molecule has 0 bridgehead atoms. The van der Waals surface area contributed by atoms with Gasteiger partial charge in [0, 0.05) is 29.3 Å². The van der Waals surface area contributed by atoms with Gasteiger partial charge in [-0.05, 0) is 18.2 Å². The van der Waals surface area contributed by atoms with Crippen molar-refractivity contribution in [3.63, 3.8) is 0 Å². The van der Waals surface area contributed by atoms with Crippen molar-refractivity contribution in [3.8, 4) is 11.6 Å². The molecule has 3 rings (SSSR count). The van der Waals surface area contributed by atoms with Crippen LogP contribution in [0, 0.1) is 0 Å². The molecule has 100 valence electrons. The molecule has 0 saturated carbocycles. The Hall–Kier alpha value is -1.37. The fraction of sp³-hybridized carbons (Fsp3) is 0.308. The van der Waals surface area contributed by atoms with Crippen molar-refractivity contribution >= 4 is 15.9 Å². The van der Waals surface area contributed by atoms with E-state index in [1.807, 2.05) is 37.5 Å². The van der Waals surface area contributed by atoms with Crippen LogP contribution in [0.25, 0.3) is 0 Å². The van der Waals surface area contributed by atoms with Gasteiger partial charge in [0.1, 0.15) is 5.75 Å². The zero-order chi connectivity index (χ0) is 13.2. The van der Waals surface area contributed by atoms with E-state index >= 15 is 0 Å². The summed E-state index contributed by atoms with van der Waals surface area (Å²) in [5, 5.41) is 4.18.